The normalized spacial score (nSPS) is 11.6. The van der Waals surface area contributed by atoms with Crippen molar-refractivity contribution in [3.63, 3.8) is 0 Å². The molecule has 0 N–H and O–H groups in total. The average molecular weight is 785 g/mol. The fourth-order valence-corrected chi connectivity index (χ4v) is 8.12. The molecule has 12 aromatic rings. The van der Waals surface area contributed by atoms with Crippen molar-refractivity contribution in [2.45, 2.75) is 0 Å². The predicted octanol–water partition coefficient (Wildman–Crippen LogP) is 13.3. The molecule has 4 aromatic heterocycles. The number of benzene rings is 8. The molecule has 0 bridgehead atoms. The van der Waals surface area contributed by atoms with Crippen molar-refractivity contribution in [2.24, 2.45) is 0 Å². The minimum Gasteiger partial charge on any atom is -0.436 e. The van der Waals surface area contributed by atoms with Crippen LogP contribution in [0.25, 0.3) is 118 Å². The Balaban J connectivity index is 0.911. The zero-order valence-electron chi connectivity index (χ0n) is 32.5. The van der Waals surface area contributed by atoms with E-state index in [0.717, 1.165) is 66.8 Å². The Kier molecular flexibility index (Phi) is 7.99. The van der Waals surface area contributed by atoms with Gasteiger partial charge in [-0.1, -0.05) is 121 Å². The summed E-state index contributed by atoms with van der Waals surface area (Å²) in [6.07, 6.45) is 0. The van der Waals surface area contributed by atoms with Gasteiger partial charge >= 0.3 is 0 Å². The summed E-state index contributed by atoms with van der Waals surface area (Å²) in [7, 11) is 0. The lowest BCUT2D eigenvalue weighted by atomic mass is 10.0. The van der Waals surface area contributed by atoms with E-state index in [1.165, 1.54) is 21.8 Å². The van der Waals surface area contributed by atoms with Crippen molar-refractivity contribution in [2.75, 3.05) is 0 Å². The second kappa shape index (κ2) is 14.1. The lowest BCUT2D eigenvalue weighted by Crippen LogP contribution is -2.00. The van der Waals surface area contributed by atoms with E-state index >= 15 is 0 Å². The molecule has 0 fully saturated rings. The Morgan fingerprint density at radius 3 is 1.20 bits per heavy atom. The Bertz CT molecular complexity index is 3330. The van der Waals surface area contributed by atoms with Crippen LogP contribution < -0.4 is 0 Å². The Morgan fingerprint density at radius 2 is 0.721 bits per heavy atom. The van der Waals surface area contributed by atoms with Crippen LogP contribution >= 0.6 is 0 Å². The summed E-state index contributed by atoms with van der Waals surface area (Å²) >= 11 is 0. The first-order chi connectivity index (χ1) is 30.2. The summed E-state index contributed by atoms with van der Waals surface area (Å²) in [5.41, 5.74) is 13.1. The number of nitrogens with zero attached hydrogens (tertiary/aromatic N) is 6. The van der Waals surface area contributed by atoms with E-state index in [1.54, 1.807) is 0 Å². The standard InChI is InChI=1S/C53H32N6O2/c1-5-16-45-41(12-1)42-13-2-6-17-46(42)59(45)40-11-9-10-39(32-40)33-20-22-34(23-21-33)49-56-50(35-24-28-37(29-25-35)52-54-43-14-3-7-18-47(43)60-52)58-51(57-49)36-26-30-38(31-27-36)53-55-44-15-4-8-19-48(44)61-53/h1-32H. The maximum Gasteiger partial charge on any atom is 0.227 e. The summed E-state index contributed by atoms with van der Waals surface area (Å²) in [6, 6.07) is 65.8. The van der Waals surface area contributed by atoms with Gasteiger partial charge in [0.1, 0.15) is 11.0 Å². The molecule has 8 nitrogen and oxygen atoms in total. The van der Waals surface area contributed by atoms with Crippen molar-refractivity contribution < 1.29 is 8.83 Å². The van der Waals surface area contributed by atoms with E-state index in [-0.39, 0.29) is 0 Å². The average Bonchev–Trinajstić information content (AvgIpc) is 4.06. The van der Waals surface area contributed by atoms with E-state index in [4.69, 9.17) is 23.8 Å². The Hall–Kier alpha value is -8.49. The fraction of sp³-hybridized carbons (Fsp3) is 0. The molecule has 0 atom stereocenters. The van der Waals surface area contributed by atoms with Crippen molar-refractivity contribution >= 4 is 44.0 Å². The second-order valence-corrected chi connectivity index (χ2v) is 14.9. The molecule has 0 saturated heterocycles. The van der Waals surface area contributed by atoms with E-state index in [2.05, 4.69) is 112 Å². The molecule has 0 unspecified atom stereocenters. The zero-order valence-corrected chi connectivity index (χ0v) is 32.5. The SMILES string of the molecule is c1cc(-c2ccc(-c3nc(-c4ccc(-c5nc6ccccc6o5)cc4)nc(-c4ccc(-c5nc6ccccc6o5)cc4)n3)cc2)cc(-n2c3ccccc3c3ccccc32)c1. The van der Waals surface area contributed by atoms with Crippen LogP contribution in [0.5, 0.6) is 0 Å². The number of oxazole rings is 2. The number of hydrogen-bond donors (Lipinski definition) is 0. The molecule has 0 amide bonds. The van der Waals surface area contributed by atoms with Crippen molar-refractivity contribution in [3.05, 3.63) is 194 Å². The number of fused-ring (bicyclic) bond motifs is 5. The van der Waals surface area contributed by atoms with Crippen LogP contribution in [0, 0.1) is 0 Å². The monoisotopic (exact) mass is 784 g/mol. The van der Waals surface area contributed by atoms with Crippen LogP contribution in [0.1, 0.15) is 0 Å². The van der Waals surface area contributed by atoms with Gasteiger partial charge in [0.2, 0.25) is 11.8 Å². The minimum atomic E-state index is 0.551. The first-order valence-electron chi connectivity index (χ1n) is 20.1. The van der Waals surface area contributed by atoms with Gasteiger partial charge < -0.3 is 13.4 Å². The molecule has 0 aliphatic carbocycles. The minimum absolute atomic E-state index is 0.551. The molecule has 4 heterocycles. The summed E-state index contributed by atoms with van der Waals surface area (Å²) < 4.78 is 14.4. The highest BCUT2D eigenvalue weighted by Crippen LogP contribution is 2.35. The van der Waals surface area contributed by atoms with Gasteiger partial charge in [-0.2, -0.15) is 0 Å². The molecule has 286 valence electrons. The van der Waals surface area contributed by atoms with Gasteiger partial charge in [0, 0.05) is 44.3 Å². The molecule has 0 radical (unpaired) electrons. The van der Waals surface area contributed by atoms with Gasteiger partial charge in [-0.3, -0.25) is 0 Å². The van der Waals surface area contributed by atoms with Gasteiger partial charge in [0.15, 0.2) is 28.6 Å². The van der Waals surface area contributed by atoms with Crippen molar-refractivity contribution in [1.29, 1.82) is 0 Å². The summed E-state index contributed by atoms with van der Waals surface area (Å²) in [5.74, 6) is 2.79. The van der Waals surface area contributed by atoms with Crippen LogP contribution in [0.15, 0.2) is 203 Å². The highest BCUT2D eigenvalue weighted by molar-refractivity contribution is 6.09. The third-order valence-electron chi connectivity index (χ3n) is 11.2. The van der Waals surface area contributed by atoms with Crippen molar-refractivity contribution in [3.8, 4) is 73.9 Å². The molecule has 8 heteroatoms. The first kappa shape index (κ1) is 34.5. The lowest BCUT2D eigenvalue weighted by molar-refractivity contribution is 0.619. The molecule has 0 spiro atoms. The topological polar surface area (TPSA) is 95.7 Å². The van der Waals surface area contributed by atoms with Crippen molar-refractivity contribution in [1.82, 2.24) is 29.5 Å². The quantitative estimate of drug-likeness (QED) is 0.159. The first-order valence-corrected chi connectivity index (χ1v) is 20.1. The molecular formula is C53H32N6O2. The highest BCUT2D eigenvalue weighted by atomic mass is 16.4. The van der Waals surface area contributed by atoms with Gasteiger partial charge in [-0.05, 0) is 83.9 Å². The summed E-state index contributed by atoms with van der Waals surface area (Å²) in [4.78, 5) is 24.5. The van der Waals surface area contributed by atoms with Crippen LogP contribution in [0.3, 0.4) is 0 Å². The van der Waals surface area contributed by atoms with Gasteiger partial charge in [-0.15, -0.1) is 0 Å². The largest absolute Gasteiger partial charge is 0.436 e. The number of aromatic nitrogens is 6. The number of hydrogen-bond acceptors (Lipinski definition) is 7. The molecule has 12 rings (SSSR count). The van der Waals surface area contributed by atoms with Crippen LogP contribution in [0.2, 0.25) is 0 Å². The lowest BCUT2D eigenvalue weighted by Gasteiger charge is -2.11. The second-order valence-electron chi connectivity index (χ2n) is 14.9. The molecule has 0 aliphatic rings. The number of rotatable bonds is 7. The maximum atomic E-state index is 6.05. The van der Waals surface area contributed by atoms with E-state index in [0.29, 0.717) is 29.3 Å². The van der Waals surface area contributed by atoms with E-state index in [1.807, 2.05) is 97.1 Å². The van der Waals surface area contributed by atoms with Gasteiger partial charge in [0.05, 0.1) is 11.0 Å². The van der Waals surface area contributed by atoms with Crippen LogP contribution in [0.4, 0.5) is 0 Å². The highest BCUT2D eigenvalue weighted by Gasteiger charge is 2.17. The van der Waals surface area contributed by atoms with Crippen LogP contribution in [-0.2, 0) is 0 Å². The van der Waals surface area contributed by atoms with E-state index in [9.17, 15) is 0 Å². The zero-order chi connectivity index (χ0) is 40.3. The predicted molar refractivity (Wildman–Crippen MR) is 242 cm³/mol. The third kappa shape index (κ3) is 6.13. The van der Waals surface area contributed by atoms with Gasteiger partial charge in [0.25, 0.3) is 0 Å². The smallest absolute Gasteiger partial charge is 0.227 e. The maximum absolute atomic E-state index is 6.05. The molecule has 8 aromatic carbocycles. The fourth-order valence-electron chi connectivity index (χ4n) is 8.12. The molecule has 61 heavy (non-hydrogen) atoms. The number of para-hydroxylation sites is 6. The Labute approximate surface area is 349 Å². The molecular weight excluding hydrogens is 753 g/mol. The molecule has 0 aliphatic heterocycles. The summed E-state index contributed by atoms with van der Waals surface area (Å²) in [6.45, 7) is 0. The Morgan fingerprint density at radius 1 is 0.311 bits per heavy atom. The van der Waals surface area contributed by atoms with E-state index < -0.39 is 0 Å². The van der Waals surface area contributed by atoms with Crippen LogP contribution in [-0.4, -0.2) is 29.5 Å². The summed E-state index contributed by atoms with van der Waals surface area (Å²) in [5, 5.41) is 2.48. The van der Waals surface area contributed by atoms with Gasteiger partial charge in [-0.25, -0.2) is 24.9 Å². The third-order valence-corrected chi connectivity index (χ3v) is 11.2. The molecule has 0 saturated carbocycles.